The minimum Gasteiger partial charge on any atom is -0.481 e. The maximum Gasteiger partial charge on any atom is 0.303 e. The highest BCUT2D eigenvalue weighted by Crippen LogP contribution is 2.27. The number of aromatic nitrogens is 3. The Balaban J connectivity index is 0.000000344. The summed E-state index contributed by atoms with van der Waals surface area (Å²) in [7, 11) is 0. The summed E-state index contributed by atoms with van der Waals surface area (Å²) in [6.45, 7) is 10.4. The summed E-state index contributed by atoms with van der Waals surface area (Å²) in [4.78, 5) is 20.3. The Hall–Kier alpha value is -1.60. The van der Waals surface area contributed by atoms with Crippen LogP contribution < -0.4 is 5.32 Å². The average Bonchev–Trinajstić information content (AvgIpc) is 2.37. The first-order chi connectivity index (χ1) is 10.6. The molecule has 7 nitrogen and oxygen atoms in total. The Kier molecular flexibility index (Phi) is 9.52. The second-order valence-corrected chi connectivity index (χ2v) is 6.89. The van der Waals surface area contributed by atoms with Gasteiger partial charge in [0.2, 0.25) is 0 Å². The van der Waals surface area contributed by atoms with E-state index in [0.29, 0.717) is 6.42 Å². The first-order valence-electron chi connectivity index (χ1n) is 7.82. The number of hydrogen-bond acceptors (Lipinski definition) is 6. The van der Waals surface area contributed by atoms with E-state index in [1.165, 1.54) is 19.0 Å². The van der Waals surface area contributed by atoms with Crippen LogP contribution in [0.1, 0.15) is 60.3 Å². The van der Waals surface area contributed by atoms with Crippen molar-refractivity contribution in [3.8, 4) is 0 Å². The van der Waals surface area contributed by atoms with Gasteiger partial charge in [-0.15, -0.1) is 0 Å². The molecule has 1 aliphatic rings. The fraction of sp³-hybridized carbons (Fsp3) is 0.750. The molecule has 23 heavy (non-hydrogen) atoms. The molecule has 0 amide bonds. The SMILES string of the molecule is CC1(C)CC(O)CC(C)(C)N1.CCCC(=O)O.c1ncncn1. The zero-order chi connectivity index (χ0) is 17.9. The molecule has 0 atom stereocenters. The van der Waals surface area contributed by atoms with Crippen molar-refractivity contribution in [1.82, 2.24) is 20.3 Å². The molecule has 1 aromatic rings. The molecule has 0 radical (unpaired) electrons. The molecule has 0 spiro atoms. The van der Waals surface area contributed by atoms with Crippen LogP contribution >= 0.6 is 0 Å². The van der Waals surface area contributed by atoms with E-state index in [4.69, 9.17) is 5.11 Å². The summed E-state index contributed by atoms with van der Waals surface area (Å²) < 4.78 is 0. The summed E-state index contributed by atoms with van der Waals surface area (Å²) in [5.74, 6) is -0.711. The summed E-state index contributed by atoms with van der Waals surface area (Å²) in [5, 5.41) is 21.0. The van der Waals surface area contributed by atoms with Crippen LogP contribution in [0.2, 0.25) is 0 Å². The van der Waals surface area contributed by atoms with Crippen molar-refractivity contribution in [2.75, 3.05) is 0 Å². The molecule has 0 bridgehead atoms. The molecule has 1 aliphatic heterocycles. The third-order valence-corrected chi connectivity index (χ3v) is 3.03. The van der Waals surface area contributed by atoms with E-state index in [2.05, 4.69) is 48.0 Å². The van der Waals surface area contributed by atoms with Gasteiger partial charge in [-0.3, -0.25) is 4.79 Å². The van der Waals surface area contributed by atoms with E-state index < -0.39 is 5.97 Å². The van der Waals surface area contributed by atoms with Crippen molar-refractivity contribution in [3.05, 3.63) is 19.0 Å². The van der Waals surface area contributed by atoms with Gasteiger partial charge in [-0.2, -0.15) is 0 Å². The van der Waals surface area contributed by atoms with Crippen molar-refractivity contribution in [3.63, 3.8) is 0 Å². The van der Waals surface area contributed by atoms with E-state index in [0.717, 1.165) is 19.3 Å². The molecule has 0 aromatic carbocycles. The van der Waals surface area contributed by atoms with Crippen molar-refractivity contribution in [2.24, 2.45) is 0 Å². The van der Waals surface area contributed by atoms with E-state index >= 15 is 0 Å². The molecule has 7 heteroatoms. The molecule has 3 N–H and O–H groups in total. The predicted octanol–water partition coefficient (Wildman–Crippen LogP) is 2.03. The van der Waals surface area contributed by atoms with E-state index in [-0.39, 0.29) is 17.2 Å². The van der Waals surface area contributed by atoms with E-state index in [1.807, 2.05) is 6.92 Å². The van der Waals surface area contributed by atoms with Crippen molar-refractivity contribution in [1.29, 1.82) is 0 Å². The lowest BCUT2D eigenvalue weighted by Gasteiger charge is -2.44. The number of carbonyl (C=O) groups is 1. The molecule has 132 valence electrons. The Bertz CT molecular complexity index is 396. The summed E-state index contributed by atoms with van der Waals surface area (Å²) in [6.07, 6.45) is 6.91. The van der Waals surface area contributed by atoms with Gasteiger partial charge in [0.1, 0.15) is 19.0 Å². The molecule has 0 aliphatic carbocycles. The Morgan fingerprint density at radius 1 is 1.09 bits per heavy atom. The normalized spacial score (nSPS) is 18.7. The molecular formula is C16H30N4O3. The second-order valence-electron chi connectivity index (χ2n) is 6.89. The maximum atomic E-state index is 9.60. The third-order valence-electron chi connectivity index (χ3n) is 3.03. The highest BCUT2D eigenvalue weighted by Gasteiger charge is 2.36. The van der Waals surface area contributed by atoms with Crippen LogP contribution in [0, 0.1) is 0 Å². The van der Waals surface area contributed by atoms with Crippen LogP contribution in [-0.2, 0) is 4.79 Å². The van der Waals surface area contributed by atoms with Crippen molar-refractivity contribution < 1.29 is 15.0 Å². The Morgan fingerprint density at radius 3 is 1.65 bits per heavy atom. The molecule has 2 heterocycles. The Morgan fingerprint density at radius 2 is 1.48 bits per heavy atom. The number of rotatable bonds is 2. The molecule has 1 saturated heterocycles. The monoisotopic (exact) mass is 326 g/mol. The minimum atomic E-state index is -0.711. The minimum absolute atomic E-state index is 0.0845. The number of aliphatic hydroxyl groups is 1. The standard InChI is InChI=1S/C9H19NO.C4H8O2.C3H3N3/c1-8(2)5-7(11)6-9(3,4)10-8;1-2-3-4(5)6;1-4-2-6-3-5-1/h7,10-11H,5-6H2,1-4H3;2-3H2,1H3,(H,5,6);1-3H. The topological polar surface area (TPSA) is 108 Å². The smallest absolute Gasteiger partial charge is 0.303 e. The molecule has 0 unspecified atom stereocenters. The van der Waals surface area contributed by atoms with Gasteiger partial charge >= 0.3 is 5.97 Å². The lowest BCUT2D eigenvalue weighted by molar-refractivity contribution is -0.137. The average molecular weight is 326 g/mol. The second kappa shape index (κ2) is 10.2. The molecule has 1 fully saturated rings. The van der Waals surface area contributed by atoms with Crippen molar-refractivity contribution in [2.45, 2.75) is 77.5 Å². The number of aliphatic hydroxyl groups excluding tert-OH is 1. The summed E-state index contributed by atoms with van der Waals surface area (Å²) in [6, 6.07) is 0. The largest absolute Gasteiger partial charge is 0.481 e. The molecular weight excluding hydrogens is 296 g/mol. The number of piperidine rings is 1. The van der Waals surface area contributed by atoms with Crippen LogP contribution in [0.4, 0.5) is 0 Å². The number of hydrogen-bond donors (Lipinski definition) is 3. The van der Waals surface area contributed by atoms with Crippen LogP contribution in [0.3, 0.4) is 0 Å². The van der Waals surface area contributed by atoms with E-state index in [9.17, 15) is 9.90 Å². The van der Waals surface area contributed by atoms with Crippen LogP contribution in [0.5, 0.6) is 0 Å². The number of carboxylic acid groups (broad SMARTS) is 1. The van der Waals surface area contributed by atoms with Gasteiger partial charge in [0.25, 0.3) is 0 Å². The number of carboxylic acids is 1. The van der Waals surface area contributed by atoms with Gasteiger partial charge in [-0.25, -0.2) is 15.0 Å². The highest BCUT2D eigenvalue weighted by molar-refractivity contribution is 5.66. The zero-order valence-corrected chi connectivity index (χ0v) is 14.8. The quantitative estimate of drug-likeness (QED) is 0.763. The van der Waals surface area contributed by atoms with Crippen LogP contribution in [0.15, 0.2) is 19.0 Å². The number of nitrogens with one attached hydrogen (secondary N) is 1. The third kappa shape index (κ3) is 12.6. The predicted molar refractivity (Wildman–Crippen MR) is 88.9 cm³/mol. The number of nitrogens with zero attached hydrogens (tertiary/aromatic N) is 3. The first kappa shape index (κ1) is 21.4. The van der Waals surface area contributed by atoms with E-state index in [1.54, 1.807) is 0 Å². The zero-order valence-electron chi connectivity index (χ0n) is 14.8. The molecule has 0 saturated carbocycles. The fourth-order valence-electron chi connectivity index (χ4n) is 2.69. The fourth-order valence-corrected chi connectivity index (χ4v) is 2.69. The van der Waals surface area contributed by atoms with Gasteiger partial charge in [0.15, 0.2) is 0 Å². The highest BCUT2D eigenvalue weighted by atomic mass is 16.4. The first-order valence-corrected chi connectivity index (χ1v) is 7.82. The summed E-state index contributed by atoms with van der Waals surface area (Å²) in [5.41, 5.74) is 0.169. The number of aliphatic carboxylic acids is 1. The van der Waals surface area contributed by atoms with Gasteiger partial charge < -0.3 is 15.5 Å². The summed E-state index contributed by atoms with van der Waals surface area (Å²) >= 11 is 0. The maximum absolute atomic E-state index is 9.60. The Labute approximate surface area is 138 Å². The van der Waals surface area contributed by atoms with Crippen LogP contribution in [-0.4, -0.2) is 48.3 Å². The van der Waals surface area contributed by atoms with Gasteiger partial charge in [0.05, 0.1) is 6.10 Å². The molecule has 1 aromatic heterocycles. The van der Waals surface area contributed by atoms with Gasteiger partial charge in [-0.05, 0) is 47.0 Å². The van der Waals surface area contributed by atoms with Gasteiger partial charge in [-0.1, -0.05) is 6.92 Å². The van der Waals surface area contributed by atoms with Gasteiger partial charge in [0, 0.05) is 17.5 Å². The lowest BCUT2D eigenvalue weighted by atomic mass is 9.81. The van der Waals surface area contributed by atoms with Crippen LogP contribution in [0.25, 0.3) is 0 Å². The van der Waals surface area contributed by atoms with Crippen molar-refractivity contribution >= 4 is 5.97 Å². The molecule has 2 rings (SSSR count). The lowest BCUT2D eigenvalue weighted by Crippen LogP contribution is -2.59.